The molecule has 5 nitrogen and oxygen atoms in total. The second kappa shape index (κ2) is 8.49. The molecular weight excluding hydrogens is 326 g/mol. The molecule has 0 radical (unpaired) electrons. The number of aryl methyl sites for hydroxylation is 1. The Morgan fingerprint density at radius 1 is 1.25 bits per heavy atom. The molecule has 3 rings (SSSR count). The van der Waals surface area contributed by atoms with E-state index in [1.807, 2.05) is 12.1 Å². The zero-order valence-electron chi connectivity index (χ0n) is 13.8. The fourth-order valence-electron chi connectivity index (χ4n) is 3.68. The Bertz CT molecular complexity index is 600. The van der Waals surface area contributed by atoms with Crippen LogP contribution in [0.4, 0.5) is 5.69 Å². The molecule has 132 valence electrons. The molecule has 0 saturated heterocycles. The standard InChI is InChI=1S/C18H25N3O2.ClH/c19-11-16(12-4-2-1-3-5-12)21-18(23)14-6-8-15-13(10-14)7-9-17(22)20-15;/h6,8,10,12,16H,1-5,7,9,11,19H2,(H,20,22)(H,21,23);1H. The Balaban J connectivity index is 0.00000208. The Hall–Kier alpha value is -1.59. The molecular formula is C18H26ClN3O2. The van der Waals surface area contributed by atoms with Crippen LogP contribution >= 0.6 is 12.4 Å². The Morgan fingerprint density at radius 3 is 2.71 bits per heavy atom. The first kappa shape index (κ1) is 18.7. The summed E-state index contributed by atoms with van der Waals surface area (Å²) in [5.41, 5.74) is 8.39. The lowest BCUT2D eigenvalue weighted by atomic mass is 9.84. The summed E-state index contributed by atoms with van der Waals surface area (Å²) >= 11 is 0. The summed E-state index contributed by atoms with van der Waals surface area (Å²) in [5.74, 6) is 0.468. The number of hydrogen-bond acceptors (Lipinski definition) is 3. The van der Waals surface area contributed by atoms with Crippen LogP contribution in [-0.4, -0.2) is 24.4 Å². The van der Waals surface area contributed by atoms with Crippen molar-refractivity contribution in [2.24, 2.45) is 11.7 Å². The van der Waals surface area contributed by atoms with E-state index in [9.17, 15) is 9.59 Å². The van der Waals surface area contributed by atoms with Gasteiger partial charge in [0.25, 0.3) is 5.91 Å². The van der Waals surface area contributed by atoms with Gasteiger partial charge in [-0.25, -0.2) is 0 Å². The van der Waals surface area contributed by atoms with Crippen molar-refractivity contribution >= 4 is 29.9 Å². The van der Waals surface area contributed by atoms with Crippen LogP contribution in [0, 0.1) is 5.92 Å². The maximum Gasteiger partial charge on any atom is 0.251 e. The monoisotopic (exact) mass is 351 g/mol. The number of amides is 2. The summed E-state index contributed by atoms with van der Waals surface area (Å²) in [7, 11) is 0. The van der Waals surface area contributed by atoms with Gasteiger partial charge >= 0.3 is 0 Å². The van der Waals surface area contributed by atoms with Gasteiger partial charge in [-0.1, -0.05) is 19.3 Å². The predicted octanol–water partition coefficient (Wildman–Crippen LogP) is 2.63. The van der Waals surface area contributed by atoms with Crippen molar-refractivity contribution in [3.05, 3.63) is 29.3 Å². The smallest absolute Gasteiger partial charge is 0.251 e. The van der Waals surface area contributed by atoms with Crippen molar-refractivity contribution in [1.82, 2.24) is 5.32 Å². The molecule has 0 aromatic heterocycles. The van der Waals surface area contributed by atoms with Gasteiger partial charge in [-0.15, -0.1) is 12.4 Å². The third-order valence-electron chi connectivity index (χ3n) is 5.05. The van der Waals surface area contributed by atoms with Crippen molar-refractivity contribution in [2.75, 3.05) is 11.9 Å². The number of nitrogens with one attached hydrogen (secondary N) is 2. The third kappa shape index (κ3) is 4.28. The number of benzene rings is 1. The van der Waals surface area contributed by atoms with Gasteiger partial charge in [0.1, 0.15) is 0 Å². The minimum atomic E-state index is -0.0641. The Morgan fingerprint density at radius 2 is 2.00 bits per heavy atom. The number of nitrogens with two attached hydrogens (primary N) is 1. The molecule has 2 amide bonds. The van der Waals surface area contributed by atoms with E-state index in [0.29, 0.717) is 30.9 Å². The number of carbonyl (C=O) groups excluding carboxylic acids is 2. The van der Waals surface area contributed by atoms with Crippen LogP contribution in [0.2, 0.25) is 0 Å². The zero-order valence-corrected chi connectivity index (χ0v) is 14.7. The van der Waals surface area contributed by atoms with Gasteiger partial charge < -0.3 is 16.4 Å². The quantitative estimate of drug-likeness (QED) is 0.779. The second-order valence-corrected chi connectivity index (χ2v) is 6.63. The maximum absolute atomic E-state index is 12.6. The molecule has 1 aliphatic carbocycles. The largest absolute Gasteiger partial charge is 0.348 e. The summed E-state index contributed by atoms with van der Waals surface area (Å²) in [6.07, 6.45) is 7.22. The molecule has 2 aliphatic rings. The summed E-state index contributed by atoms with van der Waals surface area (Å²) in [6.45, 7) is 0.484. The molecule has 1 atom stereocenters. The molecule has 6 heteroatoms. The molecule has 1 aliphatic heterocycles. The predicted molar refractivity (Wildman–Crippen MR) is 97.5 cm³/mol. The van der Waals surface area contributed by atoms with Crippen LogP contribution < -0.4 is 16.4 Å². The average Bonchev–Trinajstić information content (AvgIpc) is 2.59. The van der Waals surface area contributed by atoms with Gasteiger partial charge in [0.15, 0.2) is 0 Å². The van der Waals surface area contributed by atoms with E-state index in [2.05, 4.69) is 10.6 Å². The number of anilines is 1. The molecule has 0 bridgehead atoms. The lowest BCUT2D eigenvalue weighted by molar-refractivity contribution is -0.116. The SMILES string of the molecule is Cl.NCC(NC(=O)c1ccc2c(c1)CCC(=O)N2)C1CCCCC1. The summed E-state index contributed by atoms with van der Waals surface area (Å²) < 4.78 is 0. The topological polar surface area (TPSA) is 84.2 Å². The second-order valence-electron chi connectivity index (χ2n) is 6.63. The first-order valence-electron chi connectivity index (χ1n) is 8.61. The van der Waals surface area contributed by atoms with E-state index in [4.69, 9.17) is 5.73 Å². The highest BCUT2D eigenvalue weighted by Gasteiger charge is 2.25. The van der Waals surface area contributed by atoms with E-state index < -0.39 is 0 Å². The van der Waals surface area contributed by atoms with Crippen LogP contribution in [0.15, 0.2) is 18.2 Å². The van der Waals surface area contributed by atoms with Crippen molar-refractivity contribution < 1.29 is 9.59 Å². The fourth-order valence-corrected chi connectivity index (χ4v) is 3.68. The van der Waals surface area contributed by atoms with E-state index in [1.165, 1.54) is 19.3 Å². The number of rotatable bonds is 4. The molecule has 1 aromatic rings. The summed E-state index contributed by atoms with van der Waals surface area (Å²) in [4.78, 5) is 24.0. The number of halogens is 1. The first-order valence-corrected chi connectivity index (χ1v) is 8.61. The molecule has 24 heavy (non-hydrogen) atoms. The molecule has 1 fully saturated rings. The molecule has 1 unspecified atom stereocenters. The molecule has 1 saturated carbocycles. The van der Waals surface area contributed by atoms with Gasteiger partial charge in [-0.3, -0.25) is 9.59 Å². The molecule has 4 N–H and O–H groups in total. The van der Waals surface area contributed by atoms with E-state index in [-0.39, 0.29) is 30.3 Å². The van der Waals surface area contributed by atoms with E-state index in [0.717, 1.165) is 24.1 Å². The molecule has 1 aromatic carbocycles. The summed E-state index contributed by atoms with van der Waals surface area (Å²) in [5, 5.41) is 5.96. The van der Waals surface area contributed by atoms with Crippen molar-refractivity contribution in [2.45, 2.75) is 51.0 Å². The van der Waals surface area contributed by atoms with Gasteiger partial charge in [-0.2, -0.15) is 0 Å². The third-order valence-corrected chi connectivity index (χ3v) is 5.05. The number of fused-ring (bicyclic) bond motifs is 1. The highest BCUT2D eigenvalue weighted by Crippen LogP contribution is 2.27. The van der Waals surface area contributed by atoms with Crippen LogP contribution in [0.5, 0.6) is 0 Å². The van der Waals surface area contributed by atoms with Crippen LogP contribution in [0.3, 0.4) is 0 Å². The Kier molecular flexibility index (Phi) is 6.63. The molecule has 0 spiro atoms. The fraction of sp³-hybridized carbons (Fsp3) is 0.556. The van der Waals surface area contributed by atoms with Gasteiger partial charge in [0.05, 0.1) is 0 Å². The lowest BCUT2D eigenvalue weighted by Gasteiger charge is -2.30. The Labute approximate surface area is 149 Å². The van der Waals surface area contributed by atoms with Gasteiger partial charge in [0, 0.05) is 30.3 Å². The minimum absolute atomic E-state index is 0. The first-order chi connectivity index (χ1) is 11.2. The van der Waals surface area contributed by atoms with Gasteiger partial charge in [0.2, 0.25) is 5.91 Å². The summed E-state index contributed by atoms with van der Waals surface area (Å²) in [6, 6.07) is 5.53. The van der Waals surface area contributed by atoms with E-state index >= 15 is 0 Å². The van der Waals surface area contributed by atoms with Crippen LogP contribution in [0.25, 0.3) is 0 Å². The highest BCUT2D eigenvalue weighted by molar-refractivity contribution is 5.98. The lowest BCUT2D eigenvalue weighted by Crippen LogP contribution is -2.45. The van der Waals surface area contributed by atoms with Gasteiger partial charge in [-0.05, 0) is 48.9 Å². The van der Waals surface area contributed by atoms with Crippen molar-refractivity contribution in [1.29, 1.82) is 0 Å². The van der Waals surface area contributed by atoms with Crippen molar-refractivity contribution in [3.63, 3.8) is 0 Å². The van der Waals surface area contributed by atoms with Crippen LogP contribution in [-0.2, 0) is 11.2 Å². The van der Waals surface area contributed by atoms with Crippen LogP contribution in [0.1, 0.15) is 54.4 Å². The highest BCUT2D eigenvalue weighted by atomic mass is 35.5. The zero-order chi connectivity index (χ0) is 16.2. The average molecular weight is 352 g/mol. The normalized spacial score (nSPS) is 18.8. The number of hydrogen-bond donors (Lipinski definition) is 3. The maximum atomic E-state index is 12.6. The number of carbonyl (C=O) groups is 2. The van der Waals surface area contributed by atoms with Crippen molar-refractivity contribution in [3.8, 4) is 0 Å². The molecule has 1 heterocycles. The minimum Gasteiger partial charge on any atom is -0.348 e. The van der Waals surface area contributed by atoms with E-state index in [1.54, 1.807) is 6.07 Å².